The van der Waals surface area contributed by atoms with Crippen LogP contribution in [0.4, 0.5) is 5.69 Å². The molecule has 0 bridgehead atoms. The van der Waals surface area contributed by atoms with E-state index in [0.29, 0.717) is 11.4 Å². The maximum absolute atomic E-state index is 11.7. The van der Waals surface area contributed by atoms with Gasteiger partial charge in [-0.05, 0) is 44.0 Å². The van der Waals surface area contributed by atoms with Crippen molar-refractivity contribution in [3.8, 4) is 5.75 Å². The van der Waals surface area contributed by atoms with Crippen LogP contribution in [-0.2, 0) is 9.59 Å². The number of amides is 1. The zero-order valence-electron chi connectivity index (χ0n) is 11.3. The standard InChI is InChI=1S/C14H19NO3/c1-9-7-12(13(18-4)8-10(9)2)15-14(17)6-5-11(3)16/h7-8H,5-6H2,1-4H3,(H,15,17). The number of aryl methyl sites for hydroxylation is 2. The van der Waals surface area contributed by atoms with E-state index in [9.17, 15) is 9.59 Å². The van der Waals surface area contributed by atoms with Gasteiger partial charge in [0.1, 0.15) is 11.5 Å². The molecule has 1 aromatic rings. The highest BCUT2D eigenvalue weighted by Gasteiger charge is 2.10. The molecule has 1 rings (SSSR count). The zero-order chi connectivity index (χ0) is 13.7. The number of anilines is 1. The van der Waals surface area contributed by atoms with Crippen molar-refractivity contribution in [3.63, 3.8) is 0 Å². The molecular formula is C14H19NO3. The van der Waals surface area contributed by atoms with E-state index in [1.165, 1.54) is 6.92 Å². The van der Waals surface area contributed by atoms with E-state index in [4.69, 9.17) is 4.74 Å². The number of methoxy groups -OCH3 is 1. The molecule has 1 N–H and O–H groups in total. The average molecular weight is 249 g/mol. The van der Waals surface area contributed by atoms with Crippen LogP contribution < -0.4 is 10.1 Å². The minimum atomic E-state index is -0.174. The third kappa shape index (κ3) is 3.87. The van der Waals surface area contributed by atoms with E-state index in [0.717, 1.165) is 11.1 Å². The largest absolute Gasteiger partial charge is 0.495 e. The molecule has 98 valence electrons. The minimum absolute atomic E-state index is 0.0113. The summed E-state index contributed by atoms with van der Waals surface area (Å²) in [6.07, 6.45) is 0.463. The summed E-state index contributed by atoms with van der Waals surface area (Å²) >= 11 is 0. The number of benzene rings is 1. The predicted octanol–water partition coefficient (Wildman–Crippen LogP) is 2.62. The molecule has 0 aromatic heterocycles. The van der Waals surface area contributed by atoms with Crippen LogP contribution in [0.3, 0.4) is 0 Å². The highest BCUT2D eigenvalue weighted by Crippen LogP contribution is 2.28. The van der Waals surface area contributed by atoms with Gasteiger partial charge in [-0.2, -0.15) is 0 Å². The van der Waals surface area contributed by atoms with E-state index >= 15 is 0 Å². The lowest BCUT2D eigenvalue weighted by molar-refractivity contribution is -0.121. The molecule has 0 unspecified atom stereocenters. The number of hydrogen-bond acceptors (Lipinski definition) is 3. The first kappa shape index (κ1) is 14.2. The van der Waals surface area contributed by atoms with Crippen molar-refractivity contribution < 1.29 is 14.3 Å². The lowest BCUT2D eigenvalue weighted by atomic mass is 10.1. The van der Waals surface area contributed by atoms with Gasteiger partial charge in [0.05, 0.1) is 12.8 Å². The van der Waals surface area contributed by atoms with Crippen LogP contribution in [-0.4, -0.2) is 18.8 Å². The second kappa shape index (κ2) is 6.19. The molecule has 0 aliphatic rings. The molecule has 0 atom stereocenters. The van der Waals surface area contributed by atoms with Gasteiger partial charge in [0.15, 0.2) is 0 Å². The van der Waals surface area contributed by atoms with Gasteiger partial charge in [-0.1, -0.05) is 0 Å². The van der Waals surface area contributed by atoms with Crippen LogP contribution >= 0.6 is 0 Å². The first-order valence-corrected chi connectivity index (χ1v) is 5.88. The van der Waals surface area contributed by atoms with Crippen LogP contribution in [0, 0.1) is 13.8 Å². The zero-order valence-corrected chi connectivity index (χ0v) is 11.3. The number of rotatable bonds is 5. The summed E-state index contributed by atoms with van der Waals surface area (Å²) in [6, 6.07) is 3.76. The van der Waals surface area contributed by atoms with E-state index in [-0.39, 0.29) is 24.5 Å². The number of carbonyl (C=O) groups is 2. The molecule has 0 fully saturated rings. The van der Waals surface area contributed by atoms with Gasteiger partial charge in [0.2, 0.25) is 5.91 Å². The highest BCUT2D eigenvalue weighted by atomic mass is 16.5. The molecule has 0 heterocycles. The number of ketones is 1. The van der Waals surface area contributed by atoms with Gasteiger partial charge >= 0.3 is 0 Å². The number of ether oxygens (including phenoxy) is 1. The Hall–Kier alpha value is -1.84. The van der Waals surface area contributed by atoms with Gasteiger partial charge in [0.25, 0.3) is 0 Å². The van der Waals surface area contributed by atoms with Crippen LogP contribution in [0.25, 0.3) is 0 Å². The van der Waals surface area contributed by atoms with Gasteiger partial charge in [-0.3, -0.25) is 4.79 Å². The number of nitrogens with one attached hydrogen (secondary N) is 1. The molecule has 1 amide bonds. The average Bonchev–Trinajstić information content (AvgIpc) is 2.31. The molecule has 0 spiro atoms. The molecular weight excluding hydrogens is 230 g/mol. The topological polar surface area (TPSA) is 55.4 Å². The van der Waals surface area contributed by atoms with Crippen molar-refractivity contribution >= 4 is 17.4 Å². The fourth-order valence-corrected chi connectivity index (χ4v) is 1.56. The van der Waals surface area contributed by atoms with Crippen LogP contribution in [0.2, 0.25) is 0 Å². The Bertz CT molecular complexity index is 466. The Morgan fingerprint density at radius 2 is 1.78 bits per heavy atom. The summed E-state index contributed by atoms with van der Waals surface area (Å²) in [7, 11) is 1.56. The summed E-state index contributed by atoms with van der Waals surface area (Å²) in [6.45, 7) is 5.43. The molecule has 0 aliphatic carbocycles. The van der Waals surface area contributed by atoms with Gasteiger partial charge < -0.3 is 14.8 Å². The van der Waals surface area contributed by atoms with Crippen molar-refractivity contribution in [1.29, 1.82) is 0 Å². The molecule has 0 radical (unpaired) electrons. The van der Waals surface area contributed by atoms with E-state index in [2.05, 4.69) is 5.32 Å². The molecule has 4 nitrogen and oxygen atoms in total. The normalized spacial score (nSPS) is 10.0. The summed E-state index contributed by atoms with van der Waals surface area (Å²) in [5.41, 5.74) is 2.83. The number of carbonyl (C=O) groups excluding carboxylic acids is 2. The molecule has 1 aromatic carbocycles. The monoisotopic (exact) mass is 249 g/mol. The van der Waals surface area contributed by atoms with Crippen molar-refractivity contribution in [2.24, 2.45) is 0 Å². The minimum Gasteiger partial charge on any atom is -0.495 e. The lowest BCUT2D eigenvalue weighted by Crippen LogP contribution is -2.13. The van der Waals surface area contributed by atoms with Crippen LogP contribution in [0.1, 0.15) is 30.9 Å². The van der Waals surface area contributed by atoms with Crippen LogP contribution in [0.5, 0.6) is 5.75 Å². The summed E-state index contributed by atoms with van der Waals surface area (Å²) in [4.78, 5) is 22.5. The molecule has 0 aliphatic heterocycles. The number of hydrogen-bond donors (Lipinski definition) is 1. The molecule has 4 heteroatoms. The quantitative estimate of drug-likeness (QED) is 0.872. The number of Topliss-reactive ketones (excluding diaryl/α,β-unsaturated/α-hetero) is 1. The first-order chi connectivity index (χ1) is 8.43. The summed E-state index contributed by atoms with van der Waals surface area (Å²) in [5.74, 6) is 0.471. The van der Waals surface area contributed by atoms with E-state index < -0.39 is 0 Å². The fourth-order valence-electron chi connectivity index (χ4n) is 1.56. The Morgan fingerprint density at radius 3 is 2.33 bits per heavy atom. The summed E-state index contributed by atoms with van der Waals surface area (Å²) < 4.78 is 5.23. The molecule has 0 saturated carbocycles. The lowest BCUT2D eigenvalue weighted by Gasteiger charge is -2.12. The third-order valence-corrected chi connectivity index (χ3v) is 2.79. The van der Waals surface area contributed by atoms with Crippen molar-refractivity contribution in [2.45, 2.75) is 33.6 Å². The van der Waals surface area contributed by atoms with Gasteiger partial charge in [-0.15, -0.1) is 0 Å². The Morgan fingerprint density at radius 1 is 1.17 bits per heavy atom. The molecule has 18 heavy (non-hydrogen) atoms. The van der Waals surface area contributed by atoms with Crippen molar-refractivity contribution in [2.75, 3.05) is 12.4 Å². The van der Waals surface area contributed by atoms with Crippen molar-refractivity contribution in [1.82, 2.24) is 0 Å². The van der Waals surface area contributed by atoms with Gasteiger partial charge in [0, 0.05) is 12.8 Å². The smallest absolute Gasteiger partial charge is 0.224 e. The summed E-state index contributed by atoms with van der Waals surface area (Å²) in [5, 5.41) is 2.77. The van der Waals surface area contributed by atoms with E-state index in [1.807, 2.05) is 26.0 Å². The Labute approximate surface area is 107 Å². The first-order valence-electron chi connectivity index (χ1n) is 5.88. The van der Waals surface area contributed by atoms with E-state index in [1.54, 1.807) is 7.11 Å². The van der Waals surface area contributed by atoms with Gasteiger partial charge in [-0.25, -0.2) is 0 Å². The maximum Gasteiger partial charge on any atom is 0.224 e. The Balaban J connectivity index is 2.80. The second-order valence-corrected chi connectivity index (χ2v) is 4.39. The second-order valence-electron chi connectivity index (χ2n) is 4.39. The third-order valence-electron chi connectivity index (χ3n) is 2.79. The van der Waals surface area contributed by atoms with Crippen LogP contribution in [0.15, 0.2) is 12.1 Å². The fraction of sp³-hybridized carbons (Fsp3) is 0.429. The SMILES string of the molecule is COc1cc(C)c(C)cc1NC(=O)CCC(C)=O. The maximum atomic E-state index is 11.7. The Kier molecular flexibility index (Phi) is 4.89. The highest BCUT2D eigenvalue weighted by molar-refractivity contribution is 5.94. The predicted molar refractivity (Wildman–Crippen MR) is 71.0 cm³/mol. The molecule has 0 saturated heterocycles. The van der Waals surface area contributed by atoms with Crippen molar-refractivity contribution in [3.05, 3.63) is 23.3 Å².